The molecule has 1 atom stereocenters. The van der Waals surface area contributed by atoms with Crippen LogP contribution >= 0.6 is 22.9 Å². The molecule has 0 spiro atoms. The quantitative estimate of drug-likeness (QED) is 0.0794. The molecule has 0 saturated carbocycles. The lowest BCUT2D eigenvalue weighted by Crippen LogP contribution is -2.45. The number of piperazine rings is 1. The van der Waals surface area contributed by atoms with Gasteiger partial charge in [0.1, 0.15) is 41.7 Å². The summed E-state index contributed by atoms with van der Waals surface area (Å²) in [7, 11) is -2.33. The number of aromatic nitrogens is 4. The first kappa shape index (κ1) is 42.2. The fraction of sp³-hybridized carbons (Fsp3) is 0.222. The summed E-state index contributed by atoms with van der Waals surface area (Å²) in [6.07, 6.45) is 1.29. The topological polar surface area (TPSA) is 177 Å². The molecule has 0 bridgehead atoms. The van der Waals surface area contributed by atoms with Crippen molar-refractivity contribution < 1.29 is 41.5 Å². The van der Waals surface area contributed by atoms with E-state index in [0.29, 0.717) is 71.7 Å². The van der Waals surface area contributed by atoms with Crippen molar-refractivity contribution in [3.05, 3.63) is 120 Å². The molecule has 18 heteroatoms. The number of carbonyl (C=O) groups is 1. The molecule has 9 rings (SSSR count). The molecule has 1 aliphatic rings. The Hall–Kier alpha value is -6.08. The highest BCUT2D eigenvalue weighted by atomic mass is 35.5. The number of fused-ring (bicyclic) bond motifs is 8. The van der Waals surface area contributed by atoms with Crippen LogP contribution in [0.4, 0.5) is 4.39 Å². The third-order valence-electron chi connectivity index (χ3n) is 11.0. The third-order valence-corrected chi connectivity index (χ3v) is 13.3. The van der Waals surface area contributed by atoms with Crippen LogP contribution in [0.15, 0.2) is 102 Å². The molecule has 0 radical (unpaired) electrons. The number of rotatable bonds is 14. The van der Waals surface area contributed by atoms with E-state index >= 15 is 0 Å². The van der Waals surface area contributed by atoms with E-state index in [1.165, 1.54) is 54.2 Å². The van der Waals surface area contributed by atoms with Crippen molar-refractivity contribution in [2.24, 2.45) is 0 Å². The van der Waals surface area contributed by atoms with E-state index in [-0.39, 0.29) is 29.6 Å². The lowest BCUT2D eigenvalue weighted by atomic mass is 9.97. The van der Waals surface area contributed by atoms with Crippen LogP contribution in [0.25, 0.3) is 53.2 Å². The Morgan fingerprint density at radius 3 is 2.51 bits per heavy atom. The number of nitrogens with zero attached hydrogens (tertiary/aromatic N) is 6. The second-order valence-electron chi connectivity index (χ2n) is 15.1. The fourth-order valence-corrected chi connectivity index (χ4v) is 9.78. The number of likely N-dealkylation sites (N-methyl/N-ethyl adjacent to an activating group) is 1. The molecule has 5 aromatic carbocycles. The van der Waals surface area contributed by atoms with Gasteiger partial charge in [-0.2, -0.15) is 8.42 Å². The molecule has 1 fully saturated rings. The van der Waals surface area contributed by atoms with E-state index in [4.69, 9.17) is 25.8 Å². The molecule has 322 valence electrons. The Balaban J connectivity index is 1.02. The van der Waals surface area contributed by atoms with Crippen LogP contribution < -0.4 is 14.2 Å². The average molecular weight is 909 g/mol. The van der Waals surface area contributed by atoms with Gasteiger partial charge in [0.2, 0.25) is 12.0 Å². The molecule has 0 aliphatic carbocycles. The standard InChI is InChI=1S/C45H38ClFN6O8S2/c1-52-15-17-53(18-16-52)19-20-59-35-12-11-32-37(40(35)46)33-23-28(47)9-10-31(33)41-38(32)39-43(49-25-50-44(39)62-41)61-36(45(54)55)22-26-5-2-3-8-34(26)60-24-29-13-14-48-42(51-29)27-6-4-7-30(21-27)63(56,57)58/h2-14,21,23,25,36H,15-20,22,24H2,1H3,(H,54,55)(H,56,57,58)/t36-/m1/s1. The predicted octanol–water partition coefficient (Wildman–Crippen LogP) is 7.93. The summed E-state index contributed by atoms with van der Waals surface area (Å²) in [4.78, 5) is 35.6. The van der Waals surface area contributed by atoms with Gasteiger partial charge in [0.05, 0.1) is 21.0 Å². The molecule has 1 saturated heterocycles. The molecule has 8 aromatic rings. The van der Waals surface area contributed by atoms with Crippen LogP contribution in [-0.4, -0.2) is 106 Å². The normalized spacial score (nSPS) is 14.4. The van der Waals surface area contributed by atoms with Crippen LogP contribution in [0, 0.1) is 5.82 Å². The SMILES string of the molecule is CN1CCN(CCOc2ccc3c(c2Cl)c2cc(F)ccc2c2sc4ncnc(O[C@H](Cc5ccccc5OCc5ccnc(-c6cccc(S(=O)(=O)O)c6)n5)C(=O)O)c4c32)CC1. The number of carboxylic acid groups (broad SMARTS) is 1. The van der Waals surface area contributed by atoms with Crippen LogP contribution in [0.3, 0.4) is 0 Å². The lowest BCUT2D eigenvalue weighted by Gasteiger charge is -2.32. The van der Waals surface area contributed by atoms with Crippen molar-refractivity contribution >= 4 is 80.9 Å². The smallest absolute Gasteiger partial charge is 0.345 e. The van der Waals surface area contributed by atoms with Crippen molar-refractivity contribution in [1.29, 1.82) is 0 Å². The number of halogens is 2. The van der Waals surface area contributed by atoms with Crippen LogP contribution in [0.5, 0.6) is 17.4 Å². The van der Waals surface area contributed by atoms with Gasteiger partial charge in [-0.05, 0) is 71.9 Å². The zero-order chi connectivity index (χ0) is 43.8. The highest BCUT2D eigenvalue weighted by Crippen LogP contribution is 2.49. The lowest BCUT2D eigenvalue weighted by molar-refractivity contribution is -0.145. The fourth-order valence-electron chi connectivity index (χ4n) is 7.75. The van der Waals surface area contributed by atoms with E-state index in [9.17, 15) is 27.3 Å². The van der Waals surface area contributed by atoms with E-state index in [2.05, 4.69) is 36.8 Å². The Morgan fingerprint density at radius 1 is 0.889 bits per heavy atom. The summed E-state index contributed by atoms with van der Waals surface area (Å²) >= 11 is 8.53. The highest BCUT2D eigenvalue weighted by Gasteiger charge is 2.27. The number of ether oxygens (including phenoxy) is 3. The molecule has 14 nitrogen and oxygen atoms in total. The molecule has 3 aromatic heterocycles. The predicted molar refractivity (Wildman–Crippen MR) is 238 cm³/mol. The zero-order valence-corrected chi connectivity index (χ0v) is 36.0. The van der Waals surface area contributed by atoms with Gasteiger partial charge in [0.25, 0.3) is 10.1 Å². The van der Waals surface area contributed by atoms with Gasteiger partial charge in [0.15, 0.2) is 5.82 Å². The molecule has 1 aliphatic heterocycles. The van der Waals surface area contributed by atoms with E-state index in [1.807, 2.05) is 6.07 Å². The number of hydrogen-bond acceptors (Lipinski definition) is 13. The maximum atomic E-state index is 15.0. The number of hydrogen-bond donors (Lipinski definition) is 2. The Bertz CT molecular complexity index is 3170. The van der Waals surface area contributed by atoms with Gasteiger partial charge in [-0.25, -0.2) is 29.1 Å². The van der Waals surface area contributed by atoms with Gasteiger partial charge in [-0.15, -0.1) is 11.3 Å². The summed E-state index contributed by atoms with van der Waals surface area (Å²) in [5, 5.41) is 14.6. The van der Waals surface area contributed by atoms with E-state index in [1.54, 1.807) is 48.5 Å². The average Bonchev–Trinajstić information content (AvgIpc) is 3.68. The number of carboxylic acids is 1. The monoisotopic (exact) mass is 908 g/mol. The minimum Gasteiger partial charge on any atom is -0.491 e. The second kappa shape index (κ2) is 17.6. The van der Waals surface area contributed by atoms with Crippen molar-refractivity contribution in [1.82, 2.24) is 29.7 Å². The minimum absolute atomic E-state index is 0.0347. The third kappa shape index (κ3) is 8.80. The number of thiophene rings is 1. The second-order valence-corrected chi connectivity index (χ2v) is 17.9. The number of aliphatic carboxylic acids is 1. The number of benzene rings is 5. The van der Waals surface area contributed by atoms with E-state index in [0.717, 1.165) is 42.8 Å². The Labute approximate surface area is 369 Å². The van der Waals surface area contributed by atoms with Crippen molar-refractivity contribution in [2.75, 3.05) is 46.4 Å². The van der Waals surface area contributed by atoms with Crippen LogP contribution in [0.1, 0.15) is 11.3 Å². The van der Waals surface area contributed by atoms with Gasteiger partial charge < -0.3 is 24.2 Å². The number of para-hydroxylation sites is 1. The first-order valence-electron chi connectivity index (χ1n) is 19.9. The van der Waals surface area contributed by atoms with E-state index < -0.39 is 28.0 Å². The summed E-state index contributed by atoms with van der Waals surface area (Å²) < 4.78 is 67.4. The van der Waals surface area contributed by atoms with Gasteiger partial charge in [0, 0.05) is 71.8 Å². The first-order chi connectivity index (χ1) is 30.4. The Kier molecular flexibility index (Phi) is 11.8. The Morgan fingerprint density at radius 2 is 1.70 bits per heavy atom. The van der Waals surface area contributed by atoms with Crippen LogP contribution in [-0.2, 0) is 27.9 Å². The molecule has 2 N–H and O–H groups in total. The minimum atomic E-state index is -4.44. The zero-order valence-electron chi connectivity index (χ0n) is 33.6. The van der Waals surface area contributed by atoms with Crippen molar-refractivity contribution in [3.63, 3.8) is 0 Å². The maximum Gasteiger partial charge on any atom is 0.345 e. The van der Waals surface area contributed by atoms with Gasteiger partial charge in [-0.3, -0.25) is 9.45 Å². The summed E-state index contributed by atoms with van der Waals surface area (Å²) in [6.45, 7) is 4.98. The highest BCUT2D eigenvalue weighted by molar-refractivity contribution is 7.85. The van der Waals surface area contributed by atoms with Crippen molar-refractivity contribution in [3.8, 4) is 28.8 Å². The first-order valence-corrected chi connectivity index (χ1v) is 22.5. The molecule has 0 amide bonds. The van der Waals surface area contributed by atoms with Gasteiger partial charge >= 0.3 is 5.97 Å². The maximum absolute atomic E-state index is 15.0. The molecular weight excluding hydrogens is 871 g/mol. The summed E-state index contributed by atoms with van der Waals surface area (Å²) in [5.74, 6) is -0.550. The van der Waals surface area contributed by atoms with Crippen molar-refractivity contribution in [2.45, 2.75) is 24.0 Å². The largest absolute Gasteiger partial charge is 0.491 e. The molecule has 0 unspecified atom stereocenters. The summed E-state index contributed by atoms with van der Waals surface area (Å²) in [6, 6.07) is 22.4. The molecule has 63 heavy (non-hydrogen) atoms. The summed E-state index contributed by atoms with van der Waals surface area (Å²) in [5.41, 5.74) is 1.36. The molecular formula is C45H38ClFN6O8S2. The molecule has 4 heterocycles. The van der Waals surface area contributed by atoms with Crippen LogP contribution in [0.2, 0.25) is 5.02 Å². The van der Waals surface area contributed by atoms with Gasteiger partial charge in [-0.1, -0.05) is 48.0 Å².